The summed E-state index contributed by atoms with van der Waals surface area (Å²) in [5, 5.41) is 0.969. The highest BCUT2D eigenvalue weighted by Crippen LogP contribution is 2.23. The number of pyridine rings is 1. The Labute approximate surface area is 175 Å². The second-order valence-electron chi connectivity index (χ2n) is 7.97. The highest BCUT2D eigenvalue weighted by Gasteiger charge is 2.25. The number of likely N-dealkylation sites (tertiary alicyclic amines) is 1. The van der Waals surface area contributed by atoms with Gasteiger partial charge in [-0.25, -0.2) is 9.97 Å². The second kappa shape index (κ2) is 8.57. The molecule has 2 aromatic heterocycles. The lowest BCUT2D eigenvalue weighted by Crippen LogP contribution is -2.40. The first-order valence-electron chi connectivity index (χ1n) is 10.2. The summed E-state index contributed by atoms with van der Waals surface area (Å²) in [5.74, 6) is 0.181. The summed E-state index contributed by atoms with van der Waals surface area (Å²) in [5.41, 5.74) is 2.74. The van der Waals surface area contributed by atoms with Crippen molar-refractivity contribution in [3.05, 3.63) is 65.9 Å². The van der Waals surface area contributed by atoms with E-state index in [1.807, 2.05) is 35.2 Å². The van der Waals surface area contributed by atoms with E-state index in [9.17, 15) is 9.59 Å². The SMILES string of the molecule is CN(C)C(=O)c1cc(C[C@H]2CCCN(C(=O)c3cnc4ccccc4c3)C2)ncn1. The predicted octanol–water partition coefficient (Wildman–Crippen LogP) is 2.82. The van der Waals surface area contributed by atoms with Crippen molar-refractivity contribution in [3.8, 4) is 0 Å². The third-order valence-corrected chi connectivity index (χ3v) is 5.49. The lowest BCUT2D eigenvalue weighted by Gasteiger charge is -2.32. The van der Waals surface area contributed by atoms with Crippen LogP contribution in [-0.2, 0) is 6.42 Å². The quantitative estimate of drug-likeness (QED) is 0.669. The van der Waals surface area contributed by atoms with Crippen LogP contribution < -0.4 is 0 Å². The van der Waals surface area contributed by atoms with Gasteiger partial charge in [-0.05, 0) is 43.4 Å². The molecule has 1 atom stereocenters. The number of rotatable bonds is 4. The minimum absolute atomic E-state index is 0.0177. The summed E-state index contributed by atoms with van der Waals surface area (Å²) in [4.78, 5) is 41.5. The molecule has 0 bridgehead atoms. The van der Waals surface area contributed by atoms with E-state index >= 15 is 0 Å². The fourth-order valence-electron chi connectivity index (χ4n) is 3.94. The van der Waals surface area contributed by atoms with E-state index in [4.69, 9.17) is 0 Å². The van der Waals surface area contributed by atoms with Crippen LogP contribution >= 0.6 is 0 Å². The number of fused-ring (bicyclic) bond motifs is 1. The first-order valence-corrected chi connectivity index (χ1v) is 10.2. The molecule has 0 N–H and O–H groups in total. The Morgan fingerprint density at radius 3 is 2.80 bits per heavy atom. The molecule has 2 amide bonds. The molecule has 1 aromatic carbocycles. The van der Waals surface area contributed by atoms with E-state index in [1.165, 1.54) is 11.2 Å². The van der Waals surface area contributed by atoms with Gasteiger partial charge >= 0.3 is 0 Å². The van der Waals surface area contributed by atoms with Crippen molar-refractivity contribution >= 4 is 22.7 Å². The molecular weight excluding hydrogens is 378 g/mol. The van der Waals surface area contributed by atoms with Gasteiger partial charge in [0, 0.05) is 44.5 Å². The highest BCUT2D eigenvalue weighted by atomic mass is 16.2. The normalized spacial score (nSPS) is 16.5. The maximum absolute atomic E-state index is 13.1. The van der Waals surface area contributed by atoms with Crippen LogP contribution in [0, 0.1) is 5.92 Å². The van der Waals surface area contributed by atoms with E-state index in [-0.39, 0.29) is 11.8 Å². The molecule has 1 fully saturated rings. The summed E-state index contributed by atoms with van der Waals surface area (Å²) in [6.45, 7) is 1.42. The summed E-state index contributed by atoms with van der Waals surface area (Å²) < 4.78 is 0. The van der Waals surface area contributed by atoms with E-state index < -0.39 is 0 Å². The van der Waals surface area contributed by atoms with Crippen LogP contribution in [0.1, 0.15) is 39.4 Å². The van der Waals surface area contributed by atoms with Crippen LogP contribution in [0.2, 0.25) is 0 Å². The van der Waals surface area contributed by atoms with Crippen LogP contribution in [0.3, 0.4) is 0 Å². The number of nitrogens with zero attached hydrogens (tertiary/aromatic N) is 5. The number of hydrogen-bond acceptors (Lipinski definition) is 5. The van der Waals surface area contributed by atoms with E-state index in [0.29, 0.717) is 23.7 Å². The maximum Gasteiger partial charge on any atom is 0.272 e. The number of amides is 2. The van der Waals surface area contributed by atoms with Crippen molar-refractivity contribution in [3.63, 3.8) is 0 Å². The van der Waals surface area contributed by atoms with Crippen molar-refractivity contribution in [2.45, 2.75) is 19.3 Å². The van der Waals surface area contributed by atoms with Crippen molar-refractivity contribution in [1.29, 1.82) is 0 Å². The van der Waals surface area contributed by atoms with Crippen molar-refractivity contribution in [2.75, 3.05) is 27.2 Å². The standard InChI is InChI=1S/C23H25N5O2/c1-27(2)23(30)21-12-19(25-15-26-21)10-16-6-5-9-28(14-16)22(29)18-11-17-7-3-4-8-20(17)24-13-18/h3-4,7-8,11-13,15-16H,5-6,9-10,14H2,1-2H3/t16-/m1/s1. The lowest BCUT2D eigenvalue weighted by molar-refractivity contribution is 0.0672. The molecule has 154 valence electrons. The minimum atomic E-state index is -0.136. The van der Waals surface area contributed by atoms with Gasteiger partial charge in [0.25, 0.3) is 11.8 Å². The number of piperidine rings is 1. The summed E-state index contributed by atoms with van der Waals surface area (Å²) in [6.07, 6.45) is 5.80. The van der Waals surface area contributed by atoms with Crippen molar-refractivity contribution < 1.29 is 9.59 Å². The number of benzene rings is 1. The first-order chi connectivity index (χ1) is 14.5. The third kappa shape index (κ3) is 4.30. The van der Waals surface area contributed by atoms with Gasteiger partial charge in [0.1, 0.15) is 12.0 Å². The molecule has 7 nitrogen and oxygen atoms in total. The van der Waals surface area contributed by atoms with Gasteiger partial charge in [-0.3, -0.25) is 14.6 Å². The number of hydrogen-bond donors (Lipinski definition) is 0. The molecule has 30 heavy (non-hydrogen) atoms. The summed E-state index contributed by atoms with van der Waals surface area (Å²) >= 11 is 0. The Morgan fingerprint density at radius 1 is 1.13 bits per heavy atom. The lowest BCUT2D eigenvalue weighted by atomic mass is 9.92. The third-order valence-electron chi connectivity index (χ3n) is 5.49. The molecule has 0 saturated carbocycles. The summed E-state index contributed by atoms with van der Waals surface area (Å²) in [6, 6.07) is 11.5. The fraction of sp³-hybridized carbons (Fsp3) is 0.348. The molecule has 0 radical (unpaired) electrons. The molecular formula is C23H25N5O2. The largest absolute Gasteiger partial charge is 0.343 e. The minimum Gasteiger partial charge on any atom is -0.343 e. The number of carbonyl (C=O) groups excluding carboxylic acids is 2. The monoisotopic (exact) mass is 403 g/mol. The van der Waals surface area contributed by atoms with Crippen molar-refractivity contribution in [2.24, 2.45) is 5.92 Å². The number of para-hydroxylation sites is 1. The van der Waals surface area contributed by atoms with E-state index in [1.54, 1.807) is 26.4 Å². The molecule has 0 spiro atoms. The van der Waals surface area contributed by atoms with Gasteiger partial charge in [-0.1, -0.05) is 18.2 Å². The topological polar surface area (TPSA) is 79.3 Å². The molecule has 0 aliphatic carbocycles. The molecule has 1 aliphatic rings. The van der Waals surface area contributed by atoms with Gasteiger partial charge in [-0.15, -0.1) is 0 Å². The molecule has 3 aromatic rings. The van der Waals surface area contributed by atoms with Crippen LogP contribution in [0.25, 0.3) is 10.9 Å². The molecule has 3 heterocycles. The number of carbonyl (C=O) groups is 2. The Hall–Kier alpha value is -3.35. The zero-order valence-corrected chi connectivity index (χ0v) is 17.3. The average molecular weight is 403 g/mol. The van der Waals surface area contributed by atoms with Crippen LogP contribution in [-0.4, -0.2) is 63.8 Å². The Balaban J connectivity index is 1.46. The molecule has 7 heteroatoms. The maximum atomic E-state index is 13.1. The van der Waals surface area contributed by atoms with Gasteiger partial charge in [0.05, 0.1) is 11.1 Å². The van der Waals surface area contributed by atoms with Crippen molar-refractivity contribution in [1.82, 2.24) is 24.8 Å². The Morgan fingerprint density at radius 2 is 1.97 bits per heavy atom. The smallest absolute Gasteiger partial charge is 0.272 e. The average Bonchev–Trinajstić information content (AvgIpc) is 2.78. The van der Waals surface area contributed by atoms with Crippen LogP contribution in [0.4, 0.5) is 0 Å². The predicted molar refractivity (Wildman–Crippen MR) is 114 cm³/mol. The van der Waals surface area contributed by atoms with Gasteiger partial charge < -0.3 is 9.80 Å². The number of aromatic nitrogens is 3. The first kappa shape index (κ1) is 19.9. The Bertz CT molecular complexity index is 1080. The molecule has 4 rings (SSSR count). The summed E-state index contributed by atoms with van der Waals surface area (Å²) in [7, 11) is 3.41. The van der Waals surface area contributed by atoms with Gasteiger partial charge in [-0.2, -0.15) is 0 Å². The van der Waals surface area contributed by atoms with Crippen LogP contribution in [0.5, 0.6) is 0 Å². The van der Waals surface area contributed by atoms with Gasteiger partial charge in [0.2, 0.25) is 0 Å². The molecule has 1 saturated heterocycles. The molecule has 1 aliphatic heterocycles. The second-order valence-corrected chi connectivity index (χ2v) is 7.97. The van der Waals surface area contributed by atoms with E-state index in [0.717, 1.165) is 42.4 Å². The zero-order chi connectivity index (χ0) is 21.1. The Kier molecular flexibility index (Phi) is 5.70. The van der Waals surface area contributed by atoms with E-state index in [2.05, 4.69) is 15.0 Å². The van der Waals surface area contributed by atoms with Crippen LogP contribution in [0.15, 0.2) is 48.9 Å². The van der Waals surface area contributed by atoms with Gasteiger partial charge in [0.15, 0.2) is 0 Å². The highest BCUT2D eigenvalue weighted by molar-refractivity contribution is 5.97. The molecule has 0 unspecified atom stereocenters. The fourth-order valence-corrected chi connectivity index (χ4v) is 3.94. The zero-order valence-electron chi connectivity index (χ0n) is 17.3.